The second-order valence-electron chi connectivity index (χ2n) is 8.52. The van der Waals surface area contributed by atoms with Gasteiger partial charge in [0.2, 0.25) is 0 Å². The van der Waals surface area contributed by atoms with Gasteiger partial charge in [-0.25, -0.2) is 4.68 Å². The lowest BCUT2D eigenvalue weighted by atomic mass is 9.87. The number of rotatable bonds is 6. The maximum absolute atomic E-state index is 12.4. The molecule has 3 rings (SSSR count). The summed E-state index contributed by atoms with van der Waals surface area (Å²) in [4.78, 5) is 12.4. The Kier molecular flexibility index (Phi) is 8.05. The first kappa shape index (κ1) is 23.2. The van der Waals surface area contributed by atoms with E-state index in [0.29, 0.717) is 18.3 Å². The van der Waals surface area contributed by atoms with E-state index in [1.54, 1.807) is 6.20 Å². The predicted molar refractivity (Wildman–Crippen MR) is 116 cm³/mol. The van der Waals surface area contributed by atoms with Gasteiger partial charge in [0, 0.05) is 0 Å². The Morgan fingerprint density at radius 3 is 2.55 bits per heavy atom. The first-order valence-corrected chi connectivity index (χ1v) is 9.99. The molecule has 0 bridgehead atoms. The summed E-state index contributed by atoms with van der Waals surface area (Å²) in [6.45, 7) is 10.8. The predicted octanol–water partition coefficient (Wildman–Crippen LogP) is 3.12. The average molecular weight is 422 g/mol. The van der Waals surface area contributed by atoms with Gasteiger partial charge in [0.05, 0.1) is 18.3 Å². The van der Waals surface area contributed by atoms with Crippen LogP contribution in [0.5, 0.6) is 5.75 Å². The Morgan fingerprint density at radius 2 is 1.93 bits per heavy atom. The second-order valence-corrected chi connectivity index (χ2v) is 8.52. The lowest BCUT2D eigenvalue weighted by molar-refractivity contribution is 0.0921. The third-order valence-electron chi connectivity index (χ3n) is 5.02. The second kappa shape index (κ2) is 10.1. The molecule has 1 aromatic carbocycles. The van der Waals surface area contributed by atoms with Crippen LogP contribution in [0, 0.1) is 0 Å². The molecule has 1 amide bonds. The van der Waals surface area contributed by atoms with E-state index in [4.69, 9.17) is 4.74 Å². The van der Waals surface area contributed by atoms with E-state index < -0.39 is 0 Å². The highest BCUT2D eigenvalue weighted by Crippen LogP contribution is 2.24. The van der Waals surface area contributed by atoms with Gasteiger partial charge in [-0.1, -0.05) is 38.1 Å². The molecule has 1 saturated heterocycles. The summed E-state index contributed by atoms with van der Waals surface area (Å²) in [5, 5.41) is 14.4. The minimum Gasteiger partial charge on any atom is -0.491 e. The molecule has 0 radical (unpaired) electrons. The van der Waals surface area contributed by atoms with Crippen molar-refractivity contribution in [3.63, 3.8) is 0 Å². The molecule has 160 valence electrons. The van der Waals surface area contributed by atoms with E-state index in [0.717, 1.165) is 31.7 Å². The smallest absolute Gasteiger partial charge is 0.273 e. The Morgan fingerprint density at radius 1 is 1.28 bits per heavy atom. The van der Waals surface area contributed by atoms with Gasteiger partial charge in [-0.15, -0.1) is 17.5 Å². The maximum atomic E-state index is 12.4. The minimum atomic E-state index is -0.223. The number of carbonyl (C=O) groups is 1. The van der Waals surface area contributed by atoms with Crippen LogP contribution in [0.3, 0.4) is 0 Å². The van der Waals surface area contributed by atoms with Gasteiger partial charge in [0.1, 0.15) is 12.4 Å². The van der Waals surface area contributed by atoms with Gasteiger partial charge >= 0.3 is 0 Å². The van der Waals surface area contributed by atoms with E-state index in [2.05, 4.69) is 53.8 Å². The van der Waals surface area contributed by atoms with Crippen LogP contribution >= 0.6 is 12.4 Å². The molecule has 1 aromatic heterocycles. The van der Waals surface area contributed by atoms with E-state index in [1.807, 2.05) is 23.7 Å². The molecule has 1 unspecified atom stereocenters. The van der Waals surface area contributed by atoms with Crippen molar-refractivity contribution >= 4 is 18.3 Å². The Balaban J connectivity index is 0.00000300. The van der Waals surface area contributed by atoms with Crippen LogP contribution in [0.15, 0.2) is 30.5 Å². The van der Waals surface area contributed by atoms with Crippen molar-refractivity contribution < 1.29 is 9.53 Å². The number of nitrogens with zero attached hydrogens (tertiary/aromatic N) is 3. The number of halogens is 1. The van der Waals surface area contributed by atoms with Crippen molar-refractivity contribution in [1.82, 2.24) is 25.6 Å². The minimum absolute atomic E-state index is 0. The fourth-order valence-electron chi connectivity index (χ4n) is 3.24. The highest BCUT2D eigenvalue weighted by molar-refractivity contribution is 5.92. The molecule has 1 fully saturated rings. The van der Waals surface area contributed by atoms with Crippen LogP contribution in [0.4, 0.5) is 0 Å². The monoisotopic (exact) mass is 421 g/mol. The number of aromatic nitrogens is 3. The molecule has 7 nitrogen and oxygen atoms in total. The third kappa shape index (κ3) is 6.44. The van der Waals surface area contributed by atoms with Crippen molar-refractivity contribution in [2.45, 2.75) is 58.0 Å². The Labute approximate surface area is 179 Å². The number of hydrogen-bond donors (Lipinski definition) is 2. The normalized spacial score (nSPS) is 16.0. The van der Waals surface area contributed by atoms with Gasteiger partial charge in [0.15, 0.2) is 5.69 Å². The van der Waals surface area contributed by atoms with Crippen LogP contribution in [-0.2, 0) is 5.41 Å². The number of hydrogen-bond acceptors (Lipinski definition) is 5. The molecule has 29 heavy (non-hydrogen) atoms. The molecule has 0 spiro atoms. The van der Waals surface area contributed by atoms with Crippen LogP contribution in [0.25, 0.3) is 0 Å². The summed E-state index contributed by atoms with van der Waals surface area (Å²) in [6.07, 6.45) is 3.75. The van der Waals surface area contributed by atoms with E-state index in [9.17, 15) is 4.79 Å². The van der Waals surface area contributed by atoms with Crippen LogP contribution in [0.1, 0.15) is 62.6 Å². The molecule has 2 heterocycles. The zero-order valence-electron chi connectivity index (χ0n) is 17.6. The molecule has 0 aliphatic carbocycles. The molecular weight excluding hydrogens is 390 g/mol. The van der Waals surface area contributed by atoms with Gasteiger partial charge < -0.3 is 15.4 Å². The number of carbonyl (C=O) groups excluding carboxylic acids is 1. The summed E-state index contributed by atoms with van der Waals surface area (Å²) in [5.74, 6) is 0.574. The van der Waals surface area contributed by atoms with Crippen molar-refractivity contribution in [3.05, 3.63) is 41.7 Å². The molecule has 2 aromatic rings. The SMILES string of the molecule is CC(COc1ccc(C(C)(C)C)cc1)NC(=O)c1cn(C2CCNCC2)nn1.Cl. The zero-order valence-corrected chi connectivity index (χ0v) is 18.5. The summed E-state index contributed by atoms with van der Waals surface area (Å²) in [7, 11) is 0. The van der Waals surface area contributed by atoms with Crippen molar-refractivity contribution in [3.8, 4) is 5.75 Å². The first-order valence-electron chi connectivity index (χ1n) is 9.99. The van der Waals surface area contributed by atoms with Gasteiger partial charge in [0.25, 0.3) is 5.91 Å². The molecule has 1 aliphatic rings. The number of benzene rings is 1. The maximum Gasteiger partial charge on any atom is 0.273 e. The van der Waals surface area contributed by atoms with Crippen LogP contribution in [-0.4, -0.2) is 46.6 Å². The molecule has 1 aliphatic heterocycles. The average Bonchev–Trinajstić information content (AvgIpc) is 3.17. The number of ether oxygens (including phenoxy) is 1. The van der Waals surface area contributed by atoms with Crippen molar-refractivity contribution in [1.29, 1.82) is 0 Å². The highest BCUT2D eigenvalue weighted by atomic mass is 35.5. The van der Waals surface area contributed by atoms with E-state index in [-0.39, 0.29) is 29.8 Å². The number of nitrogens with one attached hydrogen (secondary N) is 2. The third-order valence-corrected chi connectivity index (χ3v) is 5.02. The topological polar surface area (TPSA) is 81.1 Å². The largest absolute Gasteiger partial charge is 0.491 e. The molecule has 2 N–H and O–H groups in total. The molecule has 1 atom stereocenters. The summed E-state index contributed by atoms with van der Waals surface area (Å²) in [5.41, 5.74) is 1.73. The quantitative estimate of drug-likeness (QED) is 0.748. The molecule has 8 heteroatoms. The summed E-state index contributed by atoms with van der Waals surface area (Å²) in [6, 6.07) is 8.28. The standard InChI is InChI=1S/C21H31N5O2.ClH/c1-15(14-28-18-7-5-16(6-8-18)21(2,3)4)23-20(27)19-13-26(25-24-19)17-9-11-22-12-10-17;/h5-8,13,15,17,22H,9-12,14H2,1-4H3,(H,23,27);1H. The van der Waals surface area contributed by atoms with E-state index >= 15 is 0 Å². The van der Waals surface area contributed by atoms with Gasteiger partial charge in [-0.05, 0) is 56.0 Å². The van der Waals surface area contributed by atoms with Crippen LogP contribution in [0.2, 0.25) is 0 Å². The molecular formula is C21H32ClN5O2. The summed E-state index contributed by atoms with van der Waals surface area (Å²) < 4.78 is 7.62. The van der Waals surface area contributed by atoms with Gasteiger partial charge in [-0.2, -0.15) is 0 Å². The fraction of sp³-hybridized carbons (Fsp3) is 0.571. The number of piperidine rings is 1. The number of amides is 1. The highest BCUT2D eigenvalue weighted by Gasteiger charge is 2.20. The van der Waals surface area contributed by atoms with E-state index in [1.165, 1.54) is 5.56 Å². The first-order chi connectivity index (χ1) is 13.3. The van der Waals surface area contributed by atoms with Crippen molar-refractivity contribution in [2.24, 2.45) is 0 Å². The Hall–Kier alpha value is -2.12. The molecule has 0 saturated carbocycles. The Bertz CT molecular complexity index is 779. The van der Waals surface area contributed by atoms with Crippen molar-refractivity contribution in [2.75, 3.05) is 19.7 Å². The lowest BCUT2D eigenvalue weighted by Crippen LogP contribution is -2.37. The fourth-order valence-corrected chi connectivity index (χ4v) is 3.24. The summed E-state index contributed by atoms with van der Waals surface area (Å²) >= 11 is 0. The van der Waals surface area contributed by atoms with Gasteiger partial charge in [-0.3, -0.25) is 4.79 Å². The van der Waals surface area contributed by atoms with Crippen LogP contribution < -0.4 is 15.4 Å². The lowest BCUT2D eigenvalue weighted by Gasteiger charge is -2.22. The zero-order chi connectivity index (χ0) is 20.1.